The van der Waals surface area contributed by atoms with Crippen LogP contribution >= 0.6 is 0 Å². The molecule has 0 saturated heterocycles. The van der Waals surface area contributed by atoms with Gasteiger partial charge in [0.2, 0.25) is 5.82 Å². The summed E-state index contributed by atoms with van der Waals surface area (Å²) >= 11 is 0. The standard InChI is InChI=1S/C19H19N5O3/c1-14-8-10-15(11-9-14)19-20-22-24(21-19)12-18(26)27-13-17(25)23(2)16-6-4-3-5-7-16/h3-11H,12-13H2,1-2H3. The molecule has 3 rings (SSSR count). The number of benzene rings is 2. The molecule has 8 nitrogen and oxygen atoms in total. The molecule has 0 radical (unpaired) electrons. The molecule has 0 spiro atoms. The van der Waals surface area contributed by atoms with E-state index in [9.17, 15) is 9.59 Å². The number of nitrogens with zero attached hydrogens (tertiary/aromatic N) is 5. The van der Waals surface area contributed by atoms with Gasteiger partial charge < -0.3 is 9.64 Å². The van der Waals surface area contributed by atoms with Crippen LogP contribution in [0.3, 0.4) is 0 Å². The average molecular weight is 365 g/mol. The van der Waals surface area contributed by atoms with Crippen LogP contribution in [0.25, 0.3) is 11.4 Å². The number of likely N-dealkylation sites (N-methyl/N-ethyl adjacent to an activating group) is 1. The number of anilines is 1. The van der Waals surface area contributed by atoms with E-state index in [2.05, 4.69) is 15.4 Å². The second kappa shape index (κ2) is 8.22. The molecule has 0 bridgehead atoms. The summed E-state index contributed by atoms with van der Waals surface area (Å²) < 4.78 is 5.02. The lowest BCUT2D eigenvalue weighted by molar-refractivity contribution is -0.148. The predicted molar refractivity (Wildman–Crippen MR) is 98.8 cm³/mol. The predicted octanol–water partition coefficient (Wildman–Crippen LogP) is 1.85. The van der Waals surface area contributed by atoms with Crippen molar-refractivity contribution in [3.8, 4) is 11.4 Å². The van der Waals surface area contributed by atoms with Crippen LogP contribution in [-0.4, -0.2) is 45.7 Å². The van der Waals surface area contributed by atoms with E-state index in [1.165, 1.54) is 4.90 Å². The molecule has 0 aliphatic carbocycles. The Hall–Kier alpha value is -3.55. The zero-order valence-electron chi connectivity index (χ0n) is 15.1. The number of para-hydroxylation sites is 1. The summed E-state index contributed by atoms with van der Waals surface area (Å²) in [7, 11) is 1.62. The van der Waals surface area contributed by atoms with Gasteiger partial charge in [0.25, 0.3) is 5.91 Å². The van der Waals surface area contributed by atoms with Gasteiger partial charge in [-0.25, -0.2) is 4.79 Å². The molecule has 0 saturated carbocycles. The Morgan fingerprint density at radius 1 is 1.07 bits per heavy atom. The SMILES string of the molecule is Cc1ccc(-c2nnn(CC(=O)OCC(=O)N(C)c3ccccc3)n2)cc1. The maximum atomic E-state index is 12.1. The molecule has 0 N–H and O–H groups in total. The highest BCUT2D eigenvalue weighted by Gasteiger charge is 2.15. The first-order valence-corrected chi connectivity index (χ1v) is 8.35. The van der Waals surface area contributed by atoms with Crippen molar-refractivity contribution in [3.63, 3.8) is 0 Å². The lowest BCUT2D eigenvalue weighted by Crippen LogP contribution is -2.31. The Morgan fingerprint density at radius 2 is 1.78 bits per heavy atom. The largest absolute Gasteiger partial charge is 0.454 e. The number of esters is 1. The number of aryl methyl sites for hydroxylation is 1. The van der Waals surface area contributed by atoms with Crippen molar-refractivity contribution in [3.05, 3.63) is 60.2 Å². The van der Waals surface area contributed by atoms with E-state index >= 15 is 0 Å². The quantitative estimate of drug-likeness (QED) is 0.619. The van der Waals surface area contributed by atoms with Crippen LogP contribution < -0.4 is 4.90 Å². The van der Waals surface area contributed by atoms with Gasteiger partial charge in [0.1, 0.15) is 0 Å². The van der Waals surface area contributed by atoms with Crippen LogP contribution in [0, 0.1) is 6.92 Å². The lowest BCUT2D eigenvalue weighted by atomic mass is 10.1. The molecular formula is C19H19N5O3. The number of hydrogen-bond acceptors (Lipinski definition) is 6. The van der Waals surface area contributed by atoms with Crippen molar-refractivity contribution in [1.82, 2.24) is 20.2 Å². The fraction of sp³-hybridized carbons (Fsp3) is 0.211. The Labute approximate surface area is 156 Å². The minimum absolute atomic E-state index is 0.221. The average Bonchev–Trinajstić information content (AvgIpc) is 3.15. The third-order valence-corrected chi connectivity index (χ3v) is 3.91. The topological polar surface area (TPSA) is 90.2 Å². The minimum Gasteiger partial charge on any atom is -0.454 e. The number of amides is 1. The van der Waals surface area contributed by atoms with Gasteiger partial charge in [0, 0.05) is 18.3 Å². The molecule has 0 fully saturated rings. The van der Waals surface area contributed by atoms with Gasteiger partial charge in [-0.1, -0.05) is 48.0 Å². The summed E-state index contributed by atoms with van der Waals surface area (Å²) in [5.41, 5.74) is 2.65. The Bertz CT molecular complexity index is 922. The zero-order chi connectivity index (χ0) is 19.2. The van der Waals surface area contributed by atoms with Gasteiger partial charge >= 0.3 is 5.97 Å². The van der Waals surface area contributed by atoms with Gasteiger partial charge in [-0.15, -0.1) is 10.2 Å². The van der Waals surface area contributed by atoms with Crippen LogP contribution in [-0.2, 0) is 20.9 Å². The molecule has 0 aliphatic rings. The molecular weight excluding hydrogens is 346 g/mol. The van der Waals surface area contributed by atoms with Gasteiger partial charge in [-0.3, -0.25) is 4.79 Å². The van der Waals surface area contributed by atoms with Crippen molar-refractivity contribution in [2.24, 2.45) is 0 Å². The number of rotatable bonds is 6. The monoisotopic (exact) mass is 365 g/mol. The molecule has 27 heavy (non-hydrogen) atoms. The van der Waals surface area contributed by atoms with Crippen LogP contribution in [0.5, 0.6) is 0 Å². The van der Waals surface area contributed by atoms with E-state index in [0.717, 1.165) is 21.6 Å². The second-order valence-electron chi connectivity index (χ2n) is 5.96. The fourth-order valence-corrected chi connectivity index (χ4v) is 2.32. The maximum Gasteiger partial charge on any atom is 0.330 e. The van der Waals surface area contributed by atoms with Crippen molar-refractivity contribution < 1.29 is 14.3 Å². The molecule has 3 aromatic rings. The molecule has 138 valence electrons. The van der Waals surface area contributed by atoms with Crippen LogP contribution in [0.4, 0.5) is 5.69 Å². The van der Waals surface area contributed by atoms with Crippen molar-refractivity contribution in [1.29, 1.82) is 0 Å². The maximum absolute atomic E-state index is 12.1. The highest BCUT2D eigenvalue weighted by Crippen LogP contribution is 2.14. The Morgan fingerprint density at radius 3 is 2.48 bits per heavy atom. The summed E-state index contributed by atoms with van der Waals surface area (Å²) in [6.07, 6.45) is 0. The van der Waals surface area contributed by atoms with Gasteiger partial charge in [-0.2, -0.15) is 4.80 Å². The lowest BCUT2D eigenvalue weighted by Gasteiger charge is -2.16. The van der Waals surface area contributed by atoms with Gasteiger partial charge in [0.05, 0.1) is 0 Å². The first kappa shape index (κ1) is 18.2. The first-order valence-electron chi connectivity index (χ1n) is 8.35. The molecule has 8 heteroatoms. The molecule has 1 aromatic heterocycles. The zero-order valence-corrected chi connectivity index (χ0v) is 15.1. The summed E-state index contributed by atoms with van der Waals surface area (Å²) in [5, 5.41) is 11.9. The number of aromatic nitrogens is 4. The van der Waals surface area contributed by atoms with Crippen molar-refractivity contribution in [2.45, 2.75) is 13.5 Å². The Kier molecular flexibility index (Phi) is 5.55. The van der Waals surface area contributed by atoms with Crippen LogP contribution in [0.1, 0.15) is 5.56 Å². The normalized spacial score (nSPS) is 10.4. The molecule has 1 heterocycles. The molecule has 2 aromatic carbocycles. The molecule has 0 unspecified atom stereocenters. The van der Waals surface area contributed by atoms with Crippen molar-refractivity contribution in [2.75, 3.05) is 18.6 Å². The summed E-state index contributed by atoms with van der Waals surface area (Å²) in [6, 6.07) is 16.8. The number of tetrazole rings is 1. The number of carbonyl (C=O) groups excluding carboxylic acids is 2. The summed E-state index contributed by atoms with van der Waals surface area (Å²) in [4.78, 5) is 26.6. The third-order valence-electron chi connectivity index (χ3n) is 3.91. The summed E-state index contributed by atoms with van der Waals surface area (Å²) in [5.74, 6) is -0.526. The van der Waals surface area contributed by atoms with E-state index in [1.807, 2.05) is 49.4 Å². The van der Waals surface area contributed by atoms with Gasteiger partial charge in [-0.05, 0) is 24.3 Å². The minimum atomic E-state index is -0.613. The first-order chi connectivity index (χ1) is 13.0. The second-order valence-corrected chi connectivity index (χ2v) is 5.96. The molecule has 0 atom stereocenters. The number of hydrogen-bond donors (Lipinski definition) is 0. The van der Waals surface area contributed by atoms with E-state index < -0.39 is 5.97 Å². The van der Waals surface area contributed by atoms with E-state index in [4.69, 9.17) is 4.74 Å². The fourth-order valence-electron chi connectivity index (χ4n) is 2.32. The van der Waals surface area contributed by atoms with Gasteiger partial charge in [0.15, 0.2) is 13.2 Å². The molecule has 0 aliphatic heterocycles. The summed E-state index contributed by atoms with van der Waals surface area (Å²) in [6.45, 7) is 1.41. The smallest absolute Gasteiger partial charge is 0.330 e. The van der Waals surface area contributed by atoms with E-state index in [-0.39, 0.29) is 19.1 Å². The highest BCUT2D eigenvalue weighted by atomic mass is 16.5. The number of ether oxygens (including phenoxy) is 1. The Balaban J connectivity index is 1.52. The van der Waals surface area contributed by atoms with E-state index in [0.29, 0.717) is 5.82 Å². The van der Waals surface area contributed by atoms with Crippen molar-refractivity contribution >= 4 is 17.6 Å². The molecule has 1 amide bonds. The van der Waals surface area contributed by atoms with Crippen LogP contribution in [0.15, 0.2) is 54.6 Å². The highest BCUT2D eigenvalue weighted by molar-refractivity contribution is 5.94. The van der Waals surface area contributed by atoms with E-state index in [1.54, 1.807) is 19.2 Å². The third kappa shape index (κ3) is 4.75. The van der Waals surface area contributed by atoms with Crippen LogP contribution in [0.2, 0.25) is 0 Å². The number of carbonyl (C=O) groups is 2.